The van der Waals surface area contributed by atoms with E-state index < -0.39 is 0 Å². The molecule has 0 saturated carbocycles. The molecular weight excluding hydrogens is 308 g/mol. The van der Waals surface area contributed by atoms with Gasteiger partial charge in [0.2, 0.25) is 5.95 Å². The molecule has 0 aliphatic carbocycles. The lowest BCUT2D eigenvalue weighted by Crippen LogP contribution is -2.45. The van der Waals surface area contributed by atoms with E-state index in [9.17, 15) is 0 Å². The molecule has 0 atom stereocenters. The summed E-state index contributed by atoms with van der Waals surface area (Å²) in [6.45, 7) is 3.98. The summed E-state index contributed by atoms with van der Waals surface area (Å²) in [7, 11) is 2.15. The maximum atomic E-state index is 5.22. The lowest BCUT2D eigenvalue weighted by molar-refractivity contribution is 0.311. The second-order valence-corrected chi connectivity index (χ2v) is 6.67. The zero-order valence-corrected chi connectivity index (χ0v) is 13.8. The quantitative estimate of drug-likeness (QED) is 0.739. The van der Waals surface area contributed by atoms with Gasteiger partial charge >= 0.3 is 0 Å². The standard InChI is InChI=1S/C17H18N4OS/c1-20-5-7-21(8-6-20)17-18-14(13-4-9-22-12-13)11-15(19-17)16-3-2-10-23-16/h2-4,9-12H,5-8H2,1H3. The predicted octanol–water partition coefficient (Wildman–Crippen LogP) is 3.22. The van der Waals surface area contributed by atoms with Gasteiger partial charge in [-0.15, -0.1) is 11.3 Å². The van der Waals surface area contributed by atoms with Gasteiger partial charge in [0.05, 0.1) is 28.8 Å². The highest BCUT2D eigenvalue weighted by Gasteiger charge is 2.19. The van der Waals surface area contributed by atoms with E-state index in [2.05, 4.69) is 34.4 Å². The van der Waals surface area contributed by atoms with Crippen LogP contribution in [-0.2, 0) is 0 Å². The molecule has 1 aliphatic heterocycles. The molecule has 0 amide bonds. The summed E-state index contributed by atoms with van der Waals surface area (Å²) in [5, 5.41) is 2.07. The molecule has 0 bridgehead atoms. The van der Waals surface area contributed by atoms with Crippen LogP contribution in [0.1, 0.15) is 0 Å². The number of thiophene rings is 1. The van der Waals surface area contributed by atoms with Gasteiger partial charge < -0.3 is 14.2 Å². The van der Waals surface area contributed by atoms with Gasteiger partial charge in [-0.1, -0.05) is 6.07 Å². The van der Waals surface area contributed by atoms with Gasteiger partial charge in [0, 0.05) is 31.7 Å². The fourth-order valence-corrected chi connectivity index (χ4v) is 3.38. The molecule has 1 aliphatic rings. The van der Waals surface area contributed by atoms with Crippen LogP contribution in [0.25, 0.3) is 21.8 Å². The van der Waals surface area contributed by atoms with E-state index in [1.807, 2.05) is 12.1 Å². The molecule has 0 N–H and O–H groups in total. The predicted molar refractivity (Wildman–Crippen MR) is 92.8 cm³/mol. The van der Waals surface area contributed by atoms with Crippen LogP contribution in [0.3, 0.4) is 0 Å². The summed E-state index contributed by atoms with van der Waals surface area (Å²) >= 11 is 1.70. The maximum absolute atomic E-state index is 5.22. The van der Waals surface area contributed by atoms with E-state index in [0.29, 0.717) is 0 Å². The van der Waals surface area contributed by atoms with Crippen LogP contribution in [0.15, 0.2) is 46.6 Å². The van der Waals surface area contributed by atoms with Crippen molar-refractivity contribution in [1.82, 2.24) is 14.9 Å². The number of piperazine rings is 1. The summed E-state index contributed by atoms with van der Waals surface area (Å²) in [5.74, 6) is 0.806. The van der Waals surface area contributed by atoms with E-state index in [4.69, 9.17) is 14.4 Å². The fraction of sp³-hybridized carbons (Fsp3) is 0.294. The molecule has 3 aromatic heterocycles. The highest BCUT2D eigenvalue weighted by molar-refractivity contribution is 7.13. The highest BCUT2D eigenvalue weighted by Crippen LogP contribution is 2.29. The molecule has 1 saturated heterocycles. The Morgan fingerprint density at radius 2 is 1.91 bits per heavy atom. The molecule has 4 heterocycles. The average Bonchev–Trinajstić information content (AvgIpc) is 3.29. The van der Waals surface area contributed by atoms with Crippen LogP contribution in [0.5, 0.6) is 0 Å². The molecule has 0 unspecified atom stereocenters. The normalized spacial score (nSPS) is 16.0. The van der Waals surface area contributed by atoms with Crippen molar-refractivity contribution in [3.8, 4) is 21.8 Å². The Morgan fingerprint density at radius 1 is 1.09 bits per heavy atom. The summed E-state index contributed by atoms with van der Waals surface area (Å²) in [5.41, 5.74) is 2.87. The van der Waals surface area contributed by atoms with Crippen LogP contribution in [0.2, 0.25) is 0 Å². The first kappa shape index (κ1) is 14.4. The fourth-order valence-electron chi connectivity index (χ4n) is 2.69. The minimum absolute atomic E-state index is 0.806. The Bertz CT molecular complexity index is 710. The van der Waals surface area contributed by atoms with E-state index >= 15 is 0 Å². The number of rotatable bonds is 3. The van der Waals surface area contributed by atoms with Crippen molar-refractivity contribution in [2.75, 3.05) is 38.1 Å². The maximum Gasteiger partial charge on any atom is 0.226 e. The number of nitrogens with zero attached hydrogens (tertiary/aromatic N) is 4. The van der Waals surface area contributed by atoms with E-state index in [1.165, 1.54) is 0 Å². The second kappa shape index (κ2) is 6.14. The Kier molecular flexibility index (Phi) is 3.85. The number of hydrogen-bond donors (Lipinski definition) is 0. The molecule has 0 radical (unpaired) electrons. The molecule has 5 nitrogen and oxygen atoms in total. The SMILES string of the molecule is CN1CCN(c2nc(-c3ccoc3)cc(-c3cccs3)n2)CC1. The van der Waals surface area contributed by atoms with Gasteiger partial charge in [0.15, 0.2) is 0 Å². The van der Waals surface area contributed by atoms with Crippen LogP contribution in [0, 0.1) is 0 Å². The summed E-state index contributed by atoms with van der Waals surface area (Å²) in [6.07, 6.45) is 3.41. The van der Waals surface area contributed by atoms with Crippen LogP contribution in [-0.4, -0.2) is 48.1 Å². The molecule has 3 aromatic rings. The molecule has 6 heteroatoms. The molecule has 1 fully saturated rings. The van der Waals surface area contributed by atoms with E-state index in [0.717, 1.165) is 54.0 Å². The molecule has 4 rings (SSSR count). The molecule has 118 valence electrons. The molecule has 23 heavy (non-hydrogen) atoms. The van der Waals surface area contributed by atoms with Gasteiger partial charge in [0.1, 0.15) is 0 Å². The zero-order chi connectivity index (χ0) is 15.6. The first-order valence-corrected chi connectivity index (χ1v) is 8.56. The second-order valence-electron chi connectivity index (χ2n) is 5.72. The van der Waals surface area contributed by atoms with Crippen LogP contribution >= 0.6 is 11.3 Å². The smallest absolute Gasteiger partial charge is 0.226 e. The van der Waals surface area contributed by atoms with Crippen molar-refractivity contribution < 1.29 is 4.42 Å². The number of hydrogen-bond acceptors (Lipinski definition) is 6. The highest BCUT2D eigenvalue weighted by atomic mass is 32.1. The largest absolute Gasteiger partial charge is 0.472 e. The number of furan rings is 1. The minimum Gasteiger partial charge on any atom is -0.472 e. The van der Waals surface area contributed by atoms with E-state index in [-0.39, 0.29) is 0 Å². The lowest BCUT2D eigenvalue weighted by Gasteiger charge is -2.32. The monoisotopic (exact) mass is 326 g/mol. The van der Waals surface area contributed by atoms with Gasteiger partial charge in [-0.05, 0) is 30.6 Å². The van der Waals surface area contributed by atoms with Crippen molar-refractivity contribution in [1.29, 1.82) is 0 Å². The summed E-state index contributed by atoms with van der Waals surface area (Å²) in [4.78, 5) is 15.3. The third-order valence-corrected chi connectivity index (χ3v) is 4.98. The Balaban J connectivity index is 1.76. The number of aromatic nitrogens is 2. The van der Waals surface area contributed by atoms with Crippen molar-refractivity contribution in [2.24, 2.45) is 0 Å². The van der Waals surface area contributed by atoms with Crippen molar-refractivity contribution in [3.05, 3.63) is 42.2 Å². The Hall–Kier alpha value is -2.18. The summed E-state index contributed by atoms with van der Waals surface area (Å²) in [6, 6.07) is 8.12. The van der Waals surface area contributed by atoms with Gasteiger partial charge in [0.25, 0.3) is 0 Å². The Morgan fingerprint density at radius 3 is 2.61 bits per heavy atom. The first-order valence-electron chi connectivity index (χ1n) is 7.68. The molecule has 0 spiro atoms. The van der Waals surface area contributed by atoms with Crippen LogP contribution < -0.4 is 4.90 Å². The van der Waals surface area contributed by atoms with Gasteiger partial charge in [-0.2, -0.15) is 0 Å². The van der Waals surface area contributed by atoms with Crippen molar-refractivity contribution in [3.63, 3.8) is 0 Å². The third kappa shape index (κ3) is 3.00. The average molecular weight is 326 g/mol. The lowest BCUT2D eigenvalue weighted by atomic mass is 10.2. The van der Waals surface area contributed by atoms with Gasteiger partial charge in [-0.3, -0.25) is 0 Å². The third-order valence-electron chi connectivity index (χ3n) is 4.09. The van der Waals surface area contributed by atoms with Gasteiger partial charge in [-0.25, -0.2) is 9.97 Å². The zero-order valence-electron chi connectivity index (χ0n) is 13.0. The minimum atomic E-state index is 0.806. The first-order chi connectivity index (χ1) is 11.3. The number of likely N-dealkylation sites (N-methyl/N-ethyl adjacent to an activating group) is 1. The van der Waals surface area contributed by atoms with Crippen LogP contribution in [0.4, 0.5) is 5.95 Å². The van der Waals surface area contributed by atoms with E-state index in [1.54, 1.807) is 23.9 Å². The topological polar surface area (TPSA) is 45.4 Å². The summed E-state index contributed by atoms with van der Waals surface area (Å²) < 4.78 is 5.22. The Labute approximate surface area is 139 Å². The van der Waals surface area contributed by atoms with Crippen molar-refractivity contribution >= 4 is 17.3 Å². The number of anilines is 1. The van der Waals surface area contributed by atoms with Crippen molar-refractivity contribution in [2.45, 2.75) is 0 Å². The molecular formula is C17H18N4OS. The molecule has 0 aromatic carbocycles.